The van der Waals surface area contributed by atoms with E-state index in [0.717, 1.165) is 24.2 Å². The lowest BCUT2D eigenvalue weighted by Crippen LogP contribution is -2.09. The Morgan fingerprint density at radius 2 is 2.25 bits per heavy atom. The van der Waals surface area contributed by atoms with Gasteiger partial charge in [-0.3, -0.25) is 4.79 Å². The zero-order chi connectivity index (χ0) is 14.3. The molecule has 2 aromatic rings. The first-order valence-electron chi connectivity index (χ1n) is 6.03. The summed E-state index contributed by atoms with van der Waals surface area (Å²) in [4.78, 5) is 34.1. The van der Waals surface area contributed by atoms with Gasteiger partial charge in [0.2, 0.25) is 0 Å². The average Bonchev–Trinajstić information content (AvgIpc) is 3.13. The number of nitrogens with zero attached hydrogens (tertiary/aromatic N) is 2. The molecular weight excluding hydrogens is 298 g/mol. The Hall–Kier alpha value is -1.67. The Kier molecular flexibility index (Phi) is 3.35. The van der Waals surface area contributed by atoms with Gasteiger partial charge >= 0.3 is 5.97 Å². The summed E-state index contributed by atoms with van der Waals surface area (Å²) in [5.74, 6) is 0.0898. The van der Waals surface area contributed by atoms with Gasteiger partial charge in [0.15, 0.2) is 4.34 Å². The fourth-order valence-electron chi connectivity index (χ4n) is 1.76. The molecule has 0 bridgehead atoms. The van der Waals surface area contributed by atoms with Crippen LogP contribution in [0.1, 0.15) is 39.9 Å². The number of aromatic nitrogens is 3. The van der Waals surface area contributed by atoms with Crippen LogP contribution in [0, 0.1) is 6.92 Å². The van der Waals surface area contributed by atoms with E-state index in [9.17, 15) is 9.59 Å². The highest BCUT2D eigenvalue weighted by Crippen LogP contribution is 2.38. The zero-order valence-electron chi connectivity index (χ0n) is 10.5. The van der Waals surface area contributed by atoms with Gasteiger partial charge in [0.1, 0.15) is 15.7 Å². The maximum absolute atomic E-state index is 11.6. The Morgan fingerprint density at radius 3 is 2.85 bits per heavy atom. The van der Waals surface area contributed by atoms with E-state index in [0.29, 0.717) is 26.8 Å². The molecule has 0 radical (unpaired) electrons. The average molecular weight is 309 g/mol. The van der Waals surface area contributed by atoms with Crippen LogP contribution >= 0.6 is 23.1 Å². The van der Waals surface area contributed by atoms with Gasteiger partial charge in [-0.1, -0.05) is 11.3 Å². The molecule has 0 amide bonds. The van der Waals surface area contributed by atoms with Crippen LogP contribution in [0.25, 0.3) is 0 Å². The smallest absolute Gasteiger partial charge is 0.347 e. The zero-order valence-corrected chi connectivity index (χ0v) is 12.2. The predicted octanol–water partition coefficient (Wildman–Crippen LogP) is 2.26. The minimum absolute atomic E-state index is 0.184. The van der Waals surface area contributed by atoms with Crippen molar-refractivity contribution >= 4 is 29.1 Å². The molecule has 0 aliphatic heterocycles. The van der Waals surface area contributed by atoms with E-state index in [-0.39, 0.29) is 10.4 Å². The summed E-state index contributed by atoms with van der Waals surface area (Å²) in [5.41, 5.74) is 0.299. The van der Waals surface area contributed by atoms with Crippen molar-refractivity contribution in [2.24, 2.45) is 0 Å². The number of hydrogen-bond acceptors (Lipinski definition) is 6. The summed E-state index contributed by atoms with van der Waals surface area (Å²) in [6.07, 6.45) is 2.10. The number of aromatic amines is 1. The molecule has 6 nitrogen and oxygen atoms in total. The lowest BCUT2D eigenvalue weighted by molar-refractivity contribution is 0.0701. The first kappa shape index (κ1) is 13.3. The van der Waals surface area contributed by atoms with E-state index in [4.69, 9.17) is 5.11 Å². The number of carboxylic acids is 1. The largest absolute Gasteiger partial charge is 0.477 e. The van der Waals surface area contributed by atoms with Crippen molar-refractivity contribution in [1.82, 2.24) is 15.0 Å². The van der Waals surface area contributed by atoms with Crippen LogP contribution < -0.4 is 5.56 Å². The quantitative estimate of drug-likeness (QED) is 0.841. The van der Waals surface area contributed by atoms with E-state index >= 15 is 0 Å². The third kappa shape index (κ3) is 2.75. The molecule has 0 unspecified atom stereocenters. The molecule has 0 spiro atoms. The number of hydrogen-bond donors (Lipinski definition) is 2. The molecular formula is C12H11N3O3S2. The first-order valence-corrected chi connectivity index (χ1v) is 7.66. The van der Waals surface area contributed by atoms with Gasteiger partial charge in [0, 0.05) is 12.0 Å². The molecule has 0 aromatic carbocycles. The molecule has 2 heterocycles. The first-order chi connectivity index (χ1) is 9.52. The lowest BCUT2D eigenvalue weighted by Gasteiger charge is -2.00. The summed E-state index contributed by atoms with van der Waals surface area (Å²) in [5, 5.41) is 9.56. The number of nitrogens with one attached hydrogen (secondary N) is 1. The van der Waals surface area contributed by atoms with Crippen molar-refractivity contribution in [2.75, 3.05) is 0 Å². The van der Waals surface area contributed by atoms with Gasteiger partial charge < -0.3 is 10.1 Å². The van der Waals surface area contributed by atoms with Crippen LogP contribution in [0.15, 0.2) is 20.2 Å². The summed E-state index contributed by atoms with van der Waals surface area (Å²) < 4.78 is 0.583. The summed E-state index contributed by atoms with van der Waals surface area (Å²) in [7, 11) is 0. The number of carbonyl (C=O) groups is 1. The number of aryl methyl sites for hydroxylation is 1. The van der Waals surface area contributed by atoms with Gasteiger partial charge in [-0.2, -0.15) is 0 Å². The Bertz CT molecular complexity index is 734. The van der Waals surface area contributed by atoms with Crippen molar-refractivity contribution in [3.05, 3.63) is 32.8 Å². The second-order valence-corrected chi connectivity index (χ2v) is 6.81. The van der Waals surface area contributed by atoms with Crippen molar-refractivity contribution in [3.8, 4) is 0 Å². The van der Waals surface area contributed by atoms with Crippen LogP contribution in [0.4, 0.5) is 0 Å². The second-order valence-electron chi connectivity index (χ2n) is 4.54. The van der Waals surface area contributed by atoms with Crippen molar-refractivity contribution < 1.29 is 9.90 Å². The summed E-state index contributed by atoms with van der Waals surface area (Å²) in [6.45, 7) is 1.66. The third-order valence-corrected chi connectivity index (χ3v) is 4.99. The van der Waals surface area contributed by atoms with Crippen LogP contribution in [-0.4, -0.2) is 26.0 Å². The van der Waals surface area contributed by atoms with Crippen LogP contribution in [0.2, 0.25) is 0 Å². The fraction of sp³-hybridized carbons (Fsp3) is 0.333. The number of rotatable bonds is 4. The van der Waals surface area contributed by atoms with Gasteiger partial charge in [-0.15, -0.1) is 0 Å². The minimum atomic E-state index is -0.982. The van der Waals surface area contributed by atoms with E-state index in [1.807, 2.05) is 0 Å². The van der Waals surface area contributed by atoms with E-state index in [1.165, 1.54) is 17.8 Å². The highest BCUT2D eigenvalue weighted by Gasteiger charge is 2.26. The third-order valence-electron chi connectivity index (χ3n) is 2.86. The highest BCUT2D eigenvalue weighted by molar-refractivity contribution is 8.01. The maximum Gasteiger partial charge on any atom is 0.347 e. The standard InChI is InChI=1S/C12H11N3O3S2/c1-5-9(11(17)18)20-12(13-5)19-8-4-7(16)14-10(15-8)6-2-3-6/h4,6H,2-3H2,1H3,(H,17,18)(H,14,15,16). The lowest BCUT2D eigenvalue weighted by atomic mass is 10.4. The van der Waals surface area contributed by atoms with E-state index in [1.54, 1.807) is 6.92 Å². The van der Waals surface area contributed by atoms with Crippen LogP contribution in [-0.2, 0) is 0 Å². The van der Waals surface area contributed by atoms with Crippen LogP contribution in [0.5, 0.6) is 0 Å². The van der Waals surface area contributed by atoms with Gasteiger partial charge in [-0.05, 0) is 31.5 Å². The Balaban J connectivity index is 1.89. The SMILES string of the molecule is Cc1nc(Sc2cc(=O)[nH]c(C3CC3)n2)sc1C(=O)O. The van der Waals surface area contributed by atoms with Crippen LogP contribution in [0.3, 0.4) is 0 Å². The van der Waals surface area contributed by atoms with Gasteiger partial charge in [-0.25, -0.2) is 14.8 Å². The van der Waals surface area contributed by atoms with Gasteiger partial charge in [0.05, 0.1) is 5.69 Å². The number of thiazole rings is 1. The summed E-state index contributed by atoms with van der Waals surface area (Å²) >= 11 is 2.32. The highest BCUT2D eigenvalue weighted by atomic mass is 32.2. The minimum Gasteiger partial charge on any atom is -0.477 e. The topological polar surface area (TPSA) is 95.9 Å². The number of carboxylic acid groups (broad SMARTS) is 1. The molecule has 0 saturated heterocycles. The molecule has 2 N–H and O–H groups in total. The molecule has 3 rings (SSSR count). The number of H-pyrrole nitrogens is 1. The molecule has 1 aliphatic rings. The molecule has 1 saturated carbocycles. The molecule has 1 aliphatic carbocycles. The molecule has 20 heavy (non-hydrogen) atoms. The normalized spacial score (nSPS) is 14.4. The van der Waals surface area contributed by atoms with Crippen molar-refractivity contribution in [2.45, 2.75) is 35.0 Å². The van der Waals surface area contributed by atoms with Crippen molar-refractivity contribution in [1.29, 1.82) is 0 Å². The Labute approximate surface area is 122 Å². The monoisotopic (exact) mass is 309 g/mol. The number of aromatic carboxylic acids is 1. The van der Waals surface area contributed by atoms with Gasteiger partial charge in [0.25, 0.3) is 5.56 Å². The second kappa shape index (κ2) is 5.02. The predicted molar refractivity (Wildman–Crippen MR) is 74.8 cm³/mol. The Morgan fingerprint density at radius 1 is 1.50 bits per heavy atom. The molecule has 0 atom stereocenters. The molecule has 2 aromatic heterocycles. The molecule has 8 heteroatoms. The summed E-state index contributed by atoms with van der Waals surface area (Å²) in [6, 6.07) is 1.41. The molecule has 104 valence electrons. The van der Waals surface area contributed by atoms with E-state index < -0.39 is 5.97 Å². The maximum atomic E-state index is 11.6. The molecule has 1 fully saturated rings. The van der Waals surface area contributed by atoms with E-state index in [2.05, 4.69) is 15.0 Å². The fourth-order valence-corrected chi connectivity index (χ4v) is 3.74. The van der Waals surface area contributed by atoms with Crippen molar-refractivity contribution in [3.63, 3.8) is 0 Å².